The van der Waals surface area contributed by atoms with Crippen LogP contribution in [0.3, 0.4) is 0 Å². The van der Waals surface area contributed by atoms with E-state index in [9.17, 15) is 9.59 Å². The van der Waals surface area contributed by atoms with Gasteiger partial charge in [-0.25, -0.2) is 9.97 Å². The first-order chi connectivity index (χ1) is 8.74. The normalized spacial score (nSPS) is 9.83. The van der Waals surface area contributed by atoms with E-state index in [0.29, 0.717) is 13.0 Å². The molecule has 0 aliphatic carbocycles. The Kier molecular flexibility index (Phi) is 6.34. The van der Waals surface area contributed by atoms with Crippen molar-refractivity contribution in [3.63, 3.8) is 0 Å². The van der Waals surface area contributed by atoms with Gasteiger partial charge in [0, 0.05) is 25.5 Å². The SMILES string of the molecule is O=C(NCCCCCO)C(=O)Nc1ncccn1. The number of amides is 2. The van der Waals surface area contributed by atoms with Gasteiger partial charge in [-0.15, -0.1) is 0 Å². The van der Waals surface area contributed by atoms with Crippen molar-refractivity contribution in [2.45, 2.75) is 19.3 Å². The van der Waals surface area contributed by atoms with E-state index in [1.54, 1.807) is 6.07 Å². The van der Waals surface area contributed by atoms with E-state index < -0.39 is 11.8 Å². The third-order valence-electron chi connectivity index (χ3n) is 2.12. The van der Waals surface area contributed by atoms with Crippen LogP contribution in [0.1, 0.15) is 19.3 Å². The molecule has 0 saturated carbocycles. The lowest BCUT2D eigenvalue weighted by atomic mass is 10.2. The predicted octanol–water partition coefficient (Wildman–Crippen LogP) is -0.306. The summed E-state index contributed by atoms with van der Waals surface area (Å²) < 4.78 is 0. The second-order valence-electron chi connectivity index (χ2n) is 3.57. The number of aliphatic hydroxyl groups excluding tert-OH is 1. The van der Waals surface area contributed by atoms with Crippen molar-refractivity contribution in [1.82, 2.24) is 15.3 Å². The molecule has 0 radical (unpaired) electrons. The second-order valence-corrected chi connectivity index (χ2v) is 3.57. The number of carbonyl (C=O) groups excluding carboxylic acids is 2. The monoisotopic (exact) mass is 252 g/mol. The van der Waals surface area contributed by atoms with E-state index in [-0.39, 0.29) is 12.6 Å². The zero-order valence-corrected chi connectivity index (χ0v) is 9.93. The van der Waals surface area contributed by atoms with Crippen LogP contribution < -0.4 is 10.6 Å². The van der Waals surface area contributed by atoms with Crippen LogP contribution in [0.5, 0.6) is 0 Å². The zero-order chi connectivity index (χ0) is 13.2. The average molecular weight is 252 g/mol. The van der Waals surface area contributed by atoms with E-state index in [1.807, 2.05) is 0 Å². The quantitative estimate of drug-likeness (QED) is 0.476. The molecule has 0 atom stereocenters. The summed E-state index contributed by atoms with van der Waals surface area (Å²) in [6.07, 6.45) is 5.16. The molecule has 0 aliphatic rings. The molecule has 1 rings (SSSR count). The topological polar surface area (TPSA) is 104 Å². The Hall–Kier alpha value is -2.02. The Morgan fingerprint density at radius 1 is 1.11 bits per heavy atom. The molecule has 0 unspecified atom stereocenters. The highest BCUT2D eigenvalue weighted by Crippen LogP contribution is 1.94. The van der Waals surface area contributed by atoms with Crippen molar-refractivity contribution in [3.05, 3.63) is 18.5 Å². The molecule has 3 N–H and O–H groups in total. The van der Waals surface area contributed by atoms with E-state index >= 15 is 0 Å². The van der Waals surface area contributed by atoms with Crippen molar-refractivity contribution < 1.29 is 14.7 Å². The largest absolute Gasteiger partial charge is 0.396 e. The smallest absolute Gasteiger partial charge is 0.316 e. The minimum Gasteiger partial charge on any atom is -0.396 e. The van der Waals surface area contributed by atoms with Gasteiger partial charge < -0.3 is 10.4 Å². The van der Waals surface area contributed by atoms with Crippen LogP contribution in [0.2, 0.25) is 0 Å². The van der Waals surface area contributed by atoms with Crippen LogP contribution in [-0.4, -0.2) is 40.0 Å². The van der Waals surface area contributed by atoms with E-state index in [2.05, 4.69) is 20.6 Å². The summed E-state index contributed by atoms with van der Waals surface area (Å²) in [5.41, 5.74) is 0. The minimum atomic E-state index is -0.789. The third-order valence-corrected chi connectivity index (χ3v) is 2.12. The number of anilines is 1. The molecule has 7 nitrogen and oxygen atoms in total. The first kappa shape index (κ1) is 14.0. The molecule has 1 heterocycles. The fourth-order valence-electron chi connectivity index (χ4n) is 1.22. The predicted molar refractivity (Wildman–Crippen MR) is 64.6 cm³/mol. The van der Waals surface area contributed by atoms with Crippen LogP contribution in [0.25, 0.3) is 0 Å². The Bertz CT molecular complexity index is 383. The molecule has 98 valence electrons. The molecule has 18 heavy (non-hydrogen) atoms. The van der Waals surface area contributed by atoms with Gasteiger partial charge in [0.05, 0.1) is 0 Å². The molecule has 1 aromatic rings. The van der Waals surface area contributed by atoms with E-state index in [0.717, 1.165) is 12.8 Å². The lowest BCUT2D eigenvalue weighted by molar-refractivity contribution is -0.136. The molecule has 1 aromatic heterocycles. The number of aliphatic hydroxyl groups is 1. The van der Waals surface area contributed by atoms with Crippen molar-refractivity contribution in [3.8, 4) is 0 Å². The Morgan fingerprint density at radius 3 is 2.50 bits per heavy atom. The van der Waals surface area contributed by atoms with Gasteiger partial charge >= 0.3 is 11.8 Å². The summed E-state index contributed by atoms with van der Waals surface area (Å²) in [5.74, 6) is -1.41. The van der Waals surface area contributed by atoms with Gasteiger partial charge in [0.2, 0.25) is 5.95 Å². The number of carbonyl (C=O) groups is 2. The molecule has 0 bridgehead atoms. The van der Waals surface area contributed by atoms with Crippen molar-refractivity contribution in [2.24, 2.45) is 0 Å². The second kappa shape index (κ2) is 8.13. The third kappa shape index (κ3) is 5.35. The fraction of sp³-hybridized carbons (Fsp3) is 0.455. The van der Waals surface area contributed by atoms with Crippen molar-refractivity contribution in [2.75, 3.05) is 18.5 Å². The average Bonchev–Trinajstić information content (AvgIpc) is 2.39. The molecule has 7 heteroatoms. The van der Waals surface area contributed by atoms with Crippen LogP contribution in [0, 0.1) is 0 Å². The molecular formula is C11H16N4O3. The van der Waals surface area contributed by atoms with Gasteiger partial charge in [-0.2, -0.15) is 0 Å². The Balaban J connectivity index is 2.23. The van der Waals surface area contributed by atoms with Gasteiger partial charge in [-0.05, 0) is 25.3 Å². The molecule has 0 saturated heterocycles. The number of unbranched alkanes of at least 4 members (excludes halogenated alkanes) is 2. The number of rotatable bonds is 6. The molecule has 0 fully saturated rings. The fourth-order valence-corrected chi connectivity index (χ4v) is 1.22. The van der Waals surface area contributed by atoms with Crippen molar-refractivity contribution in [1.29, 1.82) is 0 Å². The summed E-state index contributed by atoms with van der Waals surface area (Å²) in [5, 5.41) is 13.3. The summed E-state index contributed by atoms with van der Waals surface area (Å²) in [6.45, 7) is 0.543. The van der Waals surface area contributed by atoms with Crippen LogP contribution in [0.4, 0.5) is 5.95 Å². The van der Waals surface area contributed by atoms with Gasteiger partial charge in [0.15, 0.2) is 0 Å². The minimum absolute atomic E-state index is 0.0953. The van der Waals surface area contributed by atoms with Gasteiger partial charge in [0.25, 0.3) is 0 Å². The highest BCUT2D eigenvalue weighted by molar-refractivity contribution is 6.39. The highest BCUT2D eigenvalue weighted by Gasteiger charge is 2.13. The molecule has 0 spiro atoms. The first-order valence-corrected chi connectivity index (χ1v) is 5.71. The van der Waals surface area contributed by atoms with Gasteiger partial charge in [-0.1, -0.05) is 0 Å². The van der Waals surface area contributed by atoms with Crippen LogP contribution in [-0.2, 0) is 9.59 Å². The van der Waals surface area contributed by atoms with Crippen molar-refractivity contribution >= 4 is 17.8 Å². The maximum Gasteiger partial charge on any atom is 0.316 e. The summed E-state index contributed by atoms with van der Waals surface area (Å²) >= 11 is 0. The van der Waals surface area contributed by atoms with Gasteiger partial charge in [0.1, 0.15) is 0 Å². The van der Waals surface area contributed by atoms with E-state index in [4.69, 9.17) is 5.11 Å². The molecule has 0 aromatic carbocycles. The standard InChI is InChI=1S/C11H16N4O3/c16-8-3-1-2-5-12-9(17)10(18)15-11-13-6-4-7-14-11/h4,6-7,16H,1-3,5,8H2,(H,12,17)(H,13,14,15,18). The summed E-state index contributed by atoms with van der Waals surface area (Å²) in [4.78, 5) is 30.3. The number of aromatic nitrogens is 2. The number of nitrogens with one attached hydrogen (secondary N) is 2. The number of hydrogen-bond acceptors (Lipinski definition) is 5. The Labute approximate surface area is 105 Å². The molecular weight excluding hydrogens is 236 g/mol. The lowest BCUT2D eigenvalue weighted by Crippen LogP contribution is -2.36. The van der Waals surface area contributed by atoms with E-state index in [1.165, 1.54) is 12.4 Å². The maximum atomic E-state index is 11.4. The van der Waals surface area contributed by atoms with Crippen LogP contribution in [0.15, 0.2) is 18.5 Å². The number of nitrogens with zero attached hydrogens (tertiary/aromatic N) is 2. The zero-order valence-electron chi connectivity index (χ0n) is 9.93. The van der Waals surface area contributed by atoms with Crippen LogP contribution >= 0.6 is 0 Å². The molecule has 2 amide bonds. The number of hydrogen-bond donors (Lipinski definition) is 3. The van der Waals surface area contributed by atoms with Gasteiger partial charge in [-0.3, -0.25) is 14.9 Å². The summed E-state index contributed by atoms with van der Waals surface area (Å²) in [6, 6.07) is 1.61. The Morgan fingerprint density at radius 2 is 1.83 bits per heavy atom. The molecule has 0 aliphatic heterocycles. The lowest BCUT2D eigenvalue weighted by Gasteiger charge is -2.04. The first-order valence-electron chi connectivity index (χ1n) is 5.71. The maximum absolute atomic E-state index is 11.4. The summed E-state index contributed by atoms with van der Waals surface area (Å²) in [7, 11) is 0. The highest BCUT2D eigenvalue weighted by atomic mass is 16.3.